The SMILES string of the molecule is COc1ccc(-c2[nH]ncc2CNC2CCN(Cc3ccccn3)CC2)cc1. The van der Waals surface area contributed by atoms with Gasteiger partial charge in [0, 0.05) is 49.5 Å². The molecule has 146 valence electrons. The minimum Gasteiger partial charge on any atom is -0.497 e. The number of aromatic amines is 1. The zero-order valence-electron chi connectivity index (χ0n) is 16.3. The summed E-state index contributed by atoms with van der Waals surface area (Å²) in [7, 11) is 1.68. The molecule has 0 spiro atoms. The first kappa shape index (κ1) is 18.7. The number of nitrogens with one attached hydrogen (secondary N) is 2. The molecule has 6 heteroatoms. The smallest absolute Gasteiger partial charge is 0.118 e. The molecule has 1 aromatic carbocycles. The highest BCUT2D eigenvalue weighted by molar-refractivity contribution is 5.63. The third-order valence-corrected chi connectivity index (χ3v) is 5.38. The van der Waals surface area contributed by atoms with Crippen molar-refractivity contribution in [3.63, 3.8) is 0 Å². The summed E-state index contributed by atoms with van der Waals surface area (Å²) >= 11 is 0. The van der Waals surface area contributed by atoms with Gasteiger partial charge in [-0.25, -0.2) is 0 Å². The highest BCUT2D eigenvalue weighted by Gasteiger charge is 2.19. The van der Waals surface area contributed by atoms with E-state index >= 15 is 0 Å². The van der Waals surface area contributed by atoms with Crippen LogP contribution in [0.1, 0.15) is 24.1 Å². The van der Waals surface area contributed by atoms with Gasteiger partial charge in [-0.05, 0) is 49.2 Å². The molecule has 0 radical (unpaired) electrons. The van der Waals surface area contributed by atoms with E-state index in [1.807, 2.05) is 30.6 Å². The van der Waals surface area contributed by atoms with Crippen LogP contribution in [0.4, 0.5) is 0 Å². The second-order valence-electron chi connectivity index (χ2n) is 7.25. The molecule has 3 aromatic rings. The van der Waals surface area contributed by atoms with Gasteiger partial charge in [-0.3, -0.25) is 15.0 Å². The molecule has 0 bridgehead atoms. The summed E-state index contributed by atoms with van der Waals surface area (Å²) in [4.78, 5) is 6.92. The van der Waals surface area contributed by atoms with Crippen LogP contribution in [0.25, 0.3) is 11.3 Å². The molecule has 1 saturated heterocycles. The van der Waals surface area contributed by atoms with Crippen LogP contribution < -0.4 is 10.1 Å². The zero-order valence-corrected chi connectivity index (χ0v) is 16.3. The molecular formula is C22H27N5O. The minimum atomic E-state index is 0.540. The van der Waals surface area contributed by atoms with Crippen molar-refractivity contribution < 1.29 is 4.74 Å². The van der Waals surface area contributed by atoms with Crippen molar-refractivity contribution in [2.24, 2.45) is 0 Å². The third-order valence-electron chi connectivity index (χ3n) is 5.38. The highest BCUT2D eigenvalue weighted by atomic mass is 16.5. The Morgan fingerprint density at radius 1 is 1.14 bits per heavy atom. The normalized spacial score (nSPS) is 15.6. The van der Waals surface area contributed by atoms with Crippen LogP contribution in [0, 0.1) is 0 Å². The monoisotopic (exact) mass is 377 g/mol. The number of piperidine rings is 1. The lowest BCUT2D eigenvalue weighted by atomic mass is 10.0. The number of aromatic nitrogens is 3. The summed E-state index contributed by atoms with van der Waals surface area (Å²) in [6, 6.07) is 14.7. The van der Waals surface area contributed by atoms with E-state index < -0.39 is 0 Å². The molecule has 0 unspecified atom stereocenters. The van der Waals surface area contributed by atoms with Crippen LogP contribution in [-0.4, -0.2) is 46.3 Å². The van der Waals surface area contributed by atoms with Crippen LogP contribution in [-0.2, 0) is 13.1 Å². The number of H-pyrrole nitrogens is 1. The number of hydrogen-bond donors (Lipinski definition) is 2. The number of hydrogen-bond acceptors (Lipinski definition) is 5. The second kappa shape index (κ2) is 8.99. The molecule has 2 aromatic heterocycles. The number of nitrogens with zero attached hydrogens (tertiary/aromatic N) is 3. The minimum absolute atomic E-state index is 0.540. The molecule has 1 fully saturated rings. The summed E-state index contributed by atoms with van der Waals surface area (Å²) in [5, 5.41) is 11.1. The van der Waals surface area contributed by atoms with E-state index in [9.17, 15) is 0 Å². The van der Waals surface area contributed by atoms with Gasteiger partial charge in [-0.1, -0.05) is 6.07 Å². The Morgan fingerprint density at radius 3 is 2.68 bits per heavy atom. The van der Waals surface area contributed by atoms with Gasteiger partial charge in [0.2, 0.25) is 0 Å². The zero-order chi connectivity index (χ0) is 19.2. The summed E-state index contributed by atoms with van der Waals surface area (Å²) in [5.41, 5.74) is 4.54. The van der Waals surface area contributed by atoms with Gasteiger partial charge in [0.25, 0.3) is 0 Å². The average Bonchev–Trinajstić information content (AvgIpc) is 3.23. The Morgan fingerprint density at radius 2 is 1.96 bits per heavy atom. The Labute approximate surface area is 165 Å². The van der Waals surface area contributed by atoms with Crippen LogP contribution in [0.5, 0.6) is 5.75 Å². The maximum Gasteiger partial charge on any atom is 0.118 e. The lowest BCUT2D eigenvalue weighted by molar-refractivity contribution is 0.188. The maximum atomic E-state index is 5.24. The Balaban J connectivity index is 1.28. The van der Waals surface area contributed by atoms with E-state index in [1.165, 1.54) is 5.56 Å². The lowest BCUT2D eigenvalue weighted by Gasteiger charge is -2.32. The molecule has 0 atom stereocenters. The van der Waals surface area contributed by atoms with Crippen LogP contribution >= 0.6 is 0 Å². The largest absolute Gasteiger partial charge is 0.497 e. The Bertz CT molecular complexity index is 854. The van der Waals surface area contributed by atoms with Crippen molar-refractivity contribution in [3.05, 3.63) is 66.1 Å². The number of methoxy groups -OCH3 is 1. The van der Waals surface area contributed by atoms with Crippen molar-refractivity contribution in [2.75, 3.05) is 20.2 Å². The van der Waals surface area contributed by atoms with Crippen molar-refractivity contribution >= 4 is 0 Å². The predicted octanol–water partition coefficient (Wildman–Crippen LogP) is 3.23. The summed E-state index contributed by atoms with van der Waals surface area (Å²) in [6.45, 7) is 3.97. The second-order valence-corrected chi connectivity index (χ2v) is 7.25. The van der Waals surface area contributed by atoms with Gasteiger partial charge in [0.05, 0.1) is 24.7 Å². The number of pyridine rings is 1. The molecule has 0 saturated carbocycles. The van der Waals surface area contributed by atoms with Crippen molar-refractivity contribution in [3.8, 4) is 17.0 Å². The first-order valence-electron chi connectivity index (χ1n) is 9.84. The van der Waals surface area contributed by atoms with E-state index in [1.54, 1.807) is 7.11 Å². The van der Waals surface area contributed by atoms with Gasteiger partial charge in [0.1, 0.15) is 5.75 Å². The standard InChI is InChI=1S/C22H27N5O/c1-28-21-7-5-17(6-8-21)22-18(15-25-26-22)14-24-19-9-12-27(13-10-19)16-20-4-2-3-11-23-20/h2-8,11,15,19,24H,9-10,12-14,16H2,1H3,(H,25,26). The lowest BCUT2D eigenvalue weighted by Crippen LogP contribution is -2.42. The summed E-state index contributed by atoms with van der Waals surface area (Å²) in [6.07, 6.45) is 6.10. The topological polar surface area (TPSA) is 66.1 Å². The molecule has 4 rings (SSSR count). The fraction of sp³-hybridized carbons (Fsp3) is 0.364. The van der Waals surface area contributed by atoms with E-state index in [0.29, 0.717) is 6.04 Å². The fourth-order valence-electron chi connectivity index (χ4n) is 3.72. The van der Waals surface area contributed by atoms with E-state index in [0.717, 1.165) is 61.7 Å². The quantitative estimate of drug-likeness (QED) is 0.662. The molecule has 2 N–H and O–H groups in total. The highest BCUT2D eigenvalue weighted by Crippen LogP contribution is 2.24. The molecule has 28 heavy (non-hydrogen) atoms. The van der Waals surface area contributed by atoms with Crippen LogP contribution in [0.2, 0.25) is 0 Å². The fourth-order valence-corrected chi connectivity index (χ4v) is 3.72. The van der Waals surface area contributed by atoms with Crippen LogP contribution in [0.3, 0.4) is 0 Å². The van der Waals surface area contributed by atoms with Gasteiger partial charge < -0.3 is 10.1 Å². The predicted molar refractivity (Wildman–Crippen MR) is 110 cm³/mol. The average molecular weight is 377 g/mol. The van der Waals surface area contributed by atoms with Gasteiger partial charge in [-0.15, -0.1) is 0 Å². The molecule has 0 amide bonds. The third kappa shape index (κ3) is 4.58. The summed E-state index contributed by atoms with van der Waals surface area (Å²) in [5.74, 6) is 0.861. The first-order chi connectivity index (χ1) is 13.8. The van der Waals surface area contributed by atoms with E-state index in [-0.39, 0.29) is 0 Å². The van der Waals surface area contributed by atoms with Crippen LogP contribution in [0.15, 0.2) is 54.9 Å². The molecule has 1 aliphatic heterocycles. The number of likely N-dealkylation sites (tertiary alicyclic amines) is 1. The summed E-state index contributed by atoms with van der Waals surface area (Å²) < 4.78 is 5.24. The molecule has 0 aliphatic carbocycles. The number of ether oxygens (including phenoxy) is 1. The Hall–Kier alpha value is -2.70. The molecule has 3 heterocycles. The van der Waals surface area contributed by atoms with Crippen molar-refractivity contribution in [1.29, 1.82) is 0 Å². The van der Waals surface area contributed by atoms with E-state index in [4.69, 9.17) is 4.74 Å². The van der Waals surface area contributed by atoms with E-state index in [2.05, 4.69) is 49.7 Å². The van der Waals surface area contributed by atoms with Gasteiger partial charge in [-0.2, -0.15) is 5.10 Å². The molecule has 6 nitrogen and oxygen atoms in total. The number of rotatable bonds is 7. The van der Waals surface area contributed by atoms with Gasteiger partial charge >= 0.3 is 0 Å². The molecule has 1 aliphatic rings. The first-order valence-corrected chi connectivity index (χ1v) is 9.84. The van der Waals surface area contributed by atoms with Gasteiger partial charge in [0.15, 0.2) is 0 Å². The van der Waals surface area contributed by atoms with Crippen molar-refractivity contribution in [2.45, 2.75) is 32.0 Å². The van der Waals surface area contributed by atoms with Crippen molar-refractivity contribution in [1.82, 2.24) is 25.4 Å². The Kier molecular flexibility index (Phi) is 5.99. The molecular weight excluding hydrogens is 350 g/mol. The maximum absolute atomic E-state index is 5.24. The number of benzene rings is 1.